The van der Waals surface area contributed by atoms with Gasteiger partial charge in [-0.2, -0.15) is 0 Å². The summed E-state index contributed by atoms with van der Waals surface area (Å²) in [4.78, 5) is 19.7. The van der Waals surface area contributed by atoms with Gasteiger partial charge in [0, 0.05) is 17.0 Å². The quantitative estimate of drug-likeness (QED) is 0.907. The van der Waals surface area contributed by atoms with E-state index in [-0.39, 0.29) is 11.0 Å². The van der Waals surface area contributed by atoms with E-state index in [4.69, 9.17) is 4.98 Å². The van der Waals surface area contributed by atoms with E-state index in [1.54, 1.807) is 0 Å². The van der Waals surface area contributed by atoms with Crippen molar-refractivity contribution in [2.75, 3.05) is 0 Å². The van der Waals surface area contributed by atoms with Gasteiger partial charge in [-0.15, -0.1) is 0 Å². The summed E-state index contributed by atoms with van der Waals surface area (Å²) in [5.41, 5.74) is 3.95. The van der Waals surface area contributed by atoms with Gasteiger partial charge in [-0.05, 0) is 30.7 Å². The van der Waals surface area contributed by atoms with Crippen LogP contribution in [0.2, 0.25) is 0 Å². The lowest BCUT2D eigenvalue weighted by Gasteiger charge is -2.19. The molecule has 2 aromatic rings. The summed E-state index contributed by atoms with van der Waals surface area (Å²) in [6.45, 7) is 8.44. The predicted molar refractivity (Wildman–Crippen MR) is 85.7 cm³/mol. The van der Waals surface area contributed by atoms with Gasteiger partial charge in [0.25, 0.3) is 5.56 Å². The zero-order valence-electron chi connectivity index (χ0n) is 13.2. The molecule has 110 valence electrons. The molecule has 0 spiro atoms. The maximum atomic E-state index is 12.1. The molecular weight excluding hydrogens is 260 g/mol. The predicted octanol–water partition coefficient (Wildman–Crippen LogP) is 3.92. The Hall–Kier alpha value is -1.90. The lowest BCUT2D eigenvalue weighted by molar-refractivity contribution is 0.590. The molecule has 3 nitrogen and oxygen atoms in total. The van der Waals surface area contributed by atoms with Crippen LogP contribution in [0.5, 0.6) is 0 Å². The fourth-order valence-electron chi connectivity index (χ4n) is 2.51. The highest BCUT2D eigenvalue weighted by Crippen LogP contribution is 2.38. The number of H-pyrrole nitrogens is 1. The third kappa shape index (κ3) is 2.78. The topological polar surface area (TPSA) is 45.8 Å². The second-order valence-corrected chi connectivity index (χ2v) is 7.03. The summed E-state index contributed by atoms with van der Waals surface area (Å²) < 4.78 is 0. The summed E-state index contributed by atoms with van der Waals surface area (Å²) in [6, 6.07) is 8.42. The van der Waals surface area contributed by atoms with Crippen LogP contribution in [0.1, 0.15) is 56.5 Å². The summed E-state index contributed by atoms with van der Waals surface area (Å²) in [6.07, 6.45) is 2.27. The molecule has 1 heterocycles. The van der Waals surface area contributed by atoms with Gasteiger partial charge in [0.15, 0.2) is 0 Å². The Morgan fingerprint density at radius 2 is 1.76 bits per heavy atom. The minimum Gasteiger partial charge on any atom is -0.310 e. The van der Waals surface area contributed by atoms with E-state index in [1.807, 2.05) is 6.92 Å². The minimum atomic E-state index is -0.0122. The SMILES string of the molecule is Cc1c(-c2ccc(C(C)(C)C)cc2)nc(C2CC2)[nH]c1=O. The Bertz CT molecular complexity index is 716. The zero-order chi connectivity index (χ0) is 15.2. The molecule has 3 heteroatoms. The summed E-state index contributed by atoms with van der Waals surface area (Å²) in [5.74, 6) is 1.30. The average Bonchev–Trinajstić information content (AvgIpc) is 3.25. The Kier molecular flexibility index (Phi) is 3.23. The monoisotopic (exact) mass is 282 g/mol. The Morgan fingerprint density at radius 1 is 1.14 bits per heavy atom. The number of aromatic amines is 1. The normalized spacial score (nSPS) is 15.2. The highest BCUT2D eigenvalue weighted by Gasteiger charge is 2.27. The lowest BCUT2D eigenvalue weighted by Crippen LogP contribution is -2.16. The fourth-order valence-corrected chi connectivity index (χ4v) is 2.51. The van der Waals surface area contributed by atoms with Gasteiger partial charge in [0.05, 0.1) is 5.69 Å². The van der Waals surface area contributed by atoms with Crippen molar-refractivity contribution in [3.05, 3.63) is 51.6 Å². The smallest absolute Gasteiger partial charge is 0.254 e. The van der Waals surface area contributed by atoms with Crippen molar-refractivity contribution >= 4 is 0 Å². The number of hydrogen-bond acceptors (Lipinski definition) is 2. The highest BCUT2D eigenvalue weighted by molar-refractivity contribution is 5.63. The second-order valence-electron chi connectivity index (χ2n) is 7.03. The van der Waals surface area contributed by atoms with Gasteiger partial charge in [0.1, 0.15) is 5.82 Å². The highest BCUT2D eigenvalue weighted by atomic mass is 16.1. The minimum absolute atomic E-state index is 0.0122. The molecule has 0 saturated heterocycles. The van der Waals surface area contributed by atoms with Crippen molar-refractivity contribution in [3.63, 3.8) is 0 Å². The summed E-state index contributed by atoms with van der Waals surface area (Å²) in [5, 5.41) is 0. The third-order valence-corrected chi connectivity index (χ3v) is 4.16. The number of nitrogens with one attached hydrogen (secondary N) is 1. The van der Waals surface area contributed by atoms with Gasteiger partial charge in [0.2, 0.25) is 0 Å². The molecule has 0 unspecified atom stereocenters. The van der Waals surface area contributed by atoms with Crippen LogP contribution >= 0.6 is 0 Å². The molecule has 1 saturated carbocycles. The van der Waals surface area contributed by atoms with Gasteiger partial charge < -0.3 is 4.98 Å². The average molecular weight is 282 g/mol. The molecule has 0 bridgehead atoms. The molecule has 3 rings (SSSR count). The van der Waals surface area contributed by atoms with E-state index in [2.05, 4.69) is 50.0 Å². The Morgan fingerprint density at radius 3 is 2.29 bits per heavy atom. The van der Waals surface area contributed by atoms with E-state index < -0.39 is 0 Å². The molecule has 1 aromatic heterocycles. The van der Waals surface area contributed by atoms with Gasteiger partial charge in [-0.3, -0.25) is 4.79 Å². The molecule has 1 aliphatic carbocycles. The van der Waals surface area contributed by atoms with Crippen LogP contribution in [0.4, 0.5) is 0 Å². The molecule has 1 fully saturated rings. The van der Waals surface area contributed by atoms with Crippen LogP contribution in [0.25, 0.3) is 11.3 Å². The van der Waals surface area contributed by atoms with Crippen LogP contribution in [-0.4, -0.2) is 9.97 Å². The van der Waals surface area contributed by atoms with Crippen LogP contribution in [-0.2, 0) is 5.41 Å². The largest absolute Gasteiger partial charge is 0.310 e. The van der Waals surface area contributed by atoms with Crippen LogP contribution < -0.4 is 5.56 Å². The third-order valence-electron chi connectivity index (χ3n) is 4.16. The molecule has 1 aliphatic rings. The molecule has 1 aromatic carbocycles. The Labute approximate surface area is 125 Å². The van der Waals surface area contributed by atoms with Crippen molar-refractivity contribution in [2.45, 2.75) is 51.9 Å². The van der Waals surface area contributed by atoms with E-state index in [1.165, 1.54) is 5.56 Å². The first-order chi connectivity index (χ1) is 9.86. The van der Waals surface area contributed by atoms with Crippen molar-refractivity contribution in [3.8, 4) is 11.3 Å². The number of nitrogens with zero attached hydrogens (tertiary/aromatic N) is 1. The van der Waals surface area contributed by atoms with Gasteiger partial charge in [-0.1, -0.05) is 45.0 Å². The van der Waals surface area contributed by atoms with Crippen molar-refractivity contribution in [1.29, 1.82) is 0 Å². The first kappa shape index (κ1) is 14.1. The molecule has 0 radical (unpaired) electrons. The molecule has 0 aliphatic heterocycles. The number of aromatic nitrogens is 2. The number of benzene rings is 1. The van der Waals surface area contributed by atoms with Crippen molar-refractivity contribution in [2.24, 2.45) is 0 Å². The van der Waals surface area contributed by atoms with Crippen LogP contribution in [0.15, 0.2) is 29.1 Å². The van der Waals surface area contributed by atoms with E-state index >= 15 is 0 Å². The summed E-state index contributed by atoms with van der Waals surface area (Å²) >= 11 is 0. The molecule has 0 atom stereocenters. The van der Waals surface area contributed by atoms with Crippen molar-refractivity contribution in [1.82, 2.24) is 9.97 Å². The van der Waals surface area contributed by atoms with E-state index in [0.29, 0.717) is 11.5 Å². The van der Waals surface area contributed by atoms with E-state index in [0.717, 1.165) is 29.9 Å². The second kappa shape index (κ2) is 4.83. The fraction of sp³-hybridized carbons (Fsp3) is 0.444. The molecule has 1 N–H and O–H groups in total. The van der Waals surface area contributed by atoms with Gasteiger partial charge in [-0.25, -0.2) is 4.98 Å². The summed E-state index contributed by atoms with van der Waals surface area (Å²) in [7, 11) is 0. The standard InChI is InChI=1S/C18H22N2O/c1-11-15(19-16(13-5-6-13)20-17(11)21)12-7-9-14(10-8-12)18(2,3)4/h7-10,13H,5-6H2,1-4H3,(H,19,20,21). The molecule has 21 heavy (non-hydrogen) atoms. The lowest BCUT2D eigenvalue weighted by atomic mass is 9.86. The maximum absolute atomic E-state index is 12.1. The van der Waals surface area contributed by atoms with Crippen LogP contribution in [0, 0.1) is 6.92 Å². The zero-order valence-corrected chi connectivity index (χ0v) is 13.2. The first-order valence-electron chi connectivity index (χ1n) is 7.58. The van der Waals surface area contributed by atoms with E-state index in [9.17, 15) is 4.79 Å². The maximum Gasteiger partial charge on any atom is 0.254 e. The Balaban J connectivity index is 2.05. The first-order valence-corrected chi connectivity index (χ1v) is 7.58. The molecular formula is C18H22N2O. The molecule has 0 amide bonds. The van der Waals surface area contributed by atoms with Gasteiger partial charge >= 0.3 is 0 Å². The number of hydrogen-bond donors (Lipinski definition) is 1. The van der Waals surface area contributed by atoms with Crippen molar-refractivity contribution < 1.29 is 0 Å². The van der Waals surface area contributed by atoms with Crippen LogP contribution in [0.3, 0.4) is 0 Å². The number of rotatable bonds is 2.